The molecule has 8 heteroatoms. The summed E-state index contributed by atoms with van der Waals surface area (Å²) in [5.74, 6) is 0.574. The van der Waals surface area contributed by atoms with Gasteiger partial charge in [0.2, 0.25) is 5.91 Å². The van der Waals surface area contributed by atoms with Crippen molar-refractivity contribution in [1.82, 2.24) is 30.0 Å². The predicted octanol–water partition coefficient (Wildman–Crippen LogP) is 1.63. The van der Waals surface area contributed by atoms with Gasteiger partial charge in [-0.05, 0) is 44.2 Å². The maximum absolute atomic E-state index is 12.8. The molecule has 28 heavy (non-hydrogen) atoms. The maximum Gasteiger partial charge on any atom is 0.244 e. The van der Waals surface area contributed by atoms with Gasteiger partial charge >= 0.3 is 0 Å². The Balaban J connectivity index is 1.62. The number of amides is 1. The van der Waals surface area contributed by atoms with Gasteiger partial charge in [0.15, 0.2) is 11.6 Å². The Morgan fingerprint density at radius 1 is 1.25 bits per heavy atom. The molecule has 8 nitrogen and oxygen atoms in total. The van der Waals surface area contributed by atoms with Crippen molar-refractivity contribution in [3.63, 3.8) is 0 Å². The fourth-order valence-electron chi connectivity index (χ4n) is 3.35. The lowest BCUT2D eigenvalue weighted by molar-refractivity contribution is -0.133. The fourth-order valence-corrected chi connectivity index (χ4v) is 3.35. The highest BCUT2D eigenvalue weighted by Crippen LogP contribution is 2.21. The number of ketones is 1. The van der Waals surface area contributed by atoms with Crippen molar-refractivity contribution in [3.8, 4) is 0 Å². The number of Topliss-reactive ketones (excluding diaryl/α,β-unsaturated/α-hetero) is 1. The lowest BCUT2D eigenvalue weighted by Gasteiger charge is -2.32. The largest absolute Gasteiger partial charge is 0.340 e. The minimum atomic E-state index is -0.152. The molecule has 1 aliphatic heterocycles. The molecule has 2 aromatic rings. The van der Waals surface area contributed by atoms with Crippen molar-refractivity contribution in [2.45, 2.75) is 45.8 Å². The second kappa shape index (κ2) is 9.05. The third-order valence-corrected chi connectivity index (χ3v) is 5.37. The van der Waals surface area contributed by atoms with Crippen LogP contribution in [-0.2, 0) is 17.9 Å². The molecule has 0 N–H and O–H groups in total. The van der Waals surface area contributed by atoms with Gasteiger partial charge in [0.05, 0.1) is 6.54 Å². The molecule has 0 spiro atoms. The van der Waals surface area contributed by atoms with Gasteiger partial charge in [-0.25, -0.2) is 4.68 Å². The number of nitrogens with zero attached hydrogens (tertiary/aromatic N) is 6. The number of benzene rings is 1. The molecule has 1 aromatic carbocycles. The van der Waals surface area contributed by atoms with Gasteiger partial charge in [-0.3, -0.25) is 14.5 Å². The van der Waals surface area contributed by atoms with Crippen LogP contribution in [0.5, 0.6) is 0 Å². The SMILES string of the molecule is CC(C)N(C)Cc1nnnn1CC(=O)N1CCC[C@H](C(=O)c2ccccc2)C1. The summed E-state index contributed by atoms with van der Waals surface area (Å²) in [5, 5.41) is 11.8. The van der Waals surface area contributed by atoms with E-state index in [1.807, 2.05) is 37.4 Å². The fraction of sp³-hybridized carbons (Fsp3) is 0.550. The van der Waals surface area contributed by atoms with Crippen molar-refractivity contribution in [2.75, 3.05) is 20.1 Å². The van der Waals surface area contributed by atoms with Crippen LogP contribution < -0.4 is 0 Å². The molecule has 150 valence electrons. The highest BCUT2D eigenvalue weighted by Gasteiger charge is 2.29. The minimum absolute atomic E-state index is 0.0497. The first kappa shape index (κ1) is 20.1. The number of hydrogen-bond acceptors (Lipinski definition) is 6. The molecule has 1 aliphatic rings. The van der Waals surface area contributed by atoms with Crippen LogP contribution in [0.2, 0.25) is 0 Å². The van der Waals surface area contributed by atoms with E-state index in [0.29, 0.717) is 37.1 Å². The number of carbonyl (C=O) groups excluding carboxylic acids is 2. The van der Waals surface area contributed by atoms with E-state index >= 15 is 0 Å². The third-order valence-electron chi connectivity index (χ3n) is 5.37. The zero-order valence-corrected chi connectivity index (χ0v) is 16.8. The van der Waals surface area contributed by atoms with Crippen LogP contribution in [0.1, 0.15) is 42.9 Å². The second-order valence-corrected chi connectivity index (χ2v) is 7.67. The Morgan fingerprint density at radius 2 is 2.00 bits per heavy atom. The van der Waals surface area contributed by atoms with Crippen LogP contribution in [0.25, 0.3) is 0 Å². The number of rotatable bonds is 7. The van der Waals surface area contributed by atoms with Crippen molar-refractivity contribution in [2.24, 2.45) is 5.92 Å². The molecule has 1 aromatic heterocycles. The average Bonchev–Trinajstić information content (AvgIpc) is 3.14. The normalized spacial score (nSPS) is 17.3. The standard InChI is InChI=1S/C20H28N6O2/c1-15(2)24(3)13-18-21-22-23-26(18)14-19(27)25-11-7-10-17(12-25)20(28)16-8-5-4-6-9-16/h4-6,8-9,15,17H,7,10-14H2,1-3H3/t17-/m0/s1. The molecule has 0 aliphatic carbocycles. The Bertz CT molecular complexity index is 804. The van der Waals surface area contributed by atoms with Crippen LogP contribution in [-0.4, -0.2) is 67.9 Å². The van der Waals surface area contributed by atoms with E-state index in [1.54, 1.807) is 9.58 Å². The highest BCUT2D eigenvalue weighted by molar-refractivity contribution is 5.98. The zero-order valence-electron chi connectivity index (χ0n) is 16.8. The number of hydrogen-bond donors (Lipinski definition) is 0. The van der Waals surface area contributed by atoms with E-state index in [9.17, 15) is 9.59 Å². The smallest absolute Gasteiger partial charge is 0.244 e. The van der Waals surface area contributed by atoms with Crippen molar-refractivity contribution in [3.05, 3.63) is 41.7 Å². The Hall–Kier alpha value is -2.61. The van der Waals surface area contributed by atoms with Gasteiger partial charge in [0, 0.05) is 30.6 Å². The molecule has 1 atom stereocenters. The quantitative estimate of drug-likeness (QED) is 0.675. The maximum atomic E-state index is 12.8. The van der Waals surface area contributed by atoms with Crippen molar-refractivity contribution in [1.29, 1.82) is 0 Å². The van der Waals surface area contributed by atoms with E-state index < -0.39 is 0 Å². The summed E-state index contributed by atoms with van der Waals surface area (Å²) < 4.78 is 1.56. The topological polar surface area (TPSA) is 84.2 Å². The van der Waals surface area contributed by atoms with Crippen LogP contribution in [0.3, 0.4) is 0 Å². The molecule has 0 unspecified atom stereocenters. The Kier molecular flexibility index (Phi) is 6.51. The van der Waals surface area contributed by atoms with Gasteiger partial charge in [-0.1, -0.05) is 30.3 Å². The van der Waals surface area contributed by atoms with Gasteiger partial charge in [-0.2, -0.15) is 0 Å². The second-order valence-electron chi connectivity index (χ2n) is 7.67. The van der Waals surface area contributed by atoms with Crippen LogP contribution in [0.15, 0.2) is 30.3 Å². The Labute approximate surface area is 165 Å². The van der Waals surface area contributed by atoms with Crippen molar-refractivity contribution < 1.29 is 9.59 Å². The summed E-state index contributed by atoms with van der Waals surface area (Å²) in [4.78, 5) is 29.5. The van der Waals surface area contributed by atoms with Crippen LogP contribution in [0, 0.1) is 5.92 Å². The van der Waals surface area contributed by atoms with E-state index in [0.717, 1.165) is 12.8 Å². The zero-order chi connectivity index (χ0) is 20.1. The molecule has 2 heterocycles. The van der Waals surface area contributed by atoms with Crippen LogP contribution >= 0.6 is 0 Å². The number of tetrazole rings is 1. The van der Waals surface area contributed by atoms with E-state index in [4.69, 9.17) is 0 Å². The average molecular weight is 384 g/mol. The summed E-state index contributed by atoms with van der Waals surface area (Å²) in [6, 6.07) is 9.66. The number of aromatic nitrogens is 4. The van der Waals surface area contributed by atoms with Gasteiger partial charge in [0.25, 0.3) is 0 Å². The Morgan fingerprint density at radius 3 is 2.71 bits per heavy atom. The molecule has 0 radical (unpaired) electrons. The van der Waals surface area contributed by atoms with Crippen LogP contribution in [0.4, 0.5) is 0 Å². The first-order chi connectivity index (χ1) is 13.5. The molecular weight excluding hydrogens is 356 g/mol. The minimum Gasteiger partial charge on any atom is -0.340 e. The molecular formula is C20H28N6O2. The van der Waals surface area contributed by atoms with E-state index in [-0.39, 0.29) is 24.2 Å². The lowest BCUT2D eigenvalue weighted by Crippen LogP contribution is -2.44. The molecule has 1 amide bonds. The van der Waals surface area contributed by atoms with Crippen molar-refractivity contribution >= 4 is 11.7 Å². The van der Waals surface area contributed by atoms with Gasteiger partial charge in [0.1, 0.15) is 6.54 Å². The molecule has 0 bridgehead atoms. The predicted molar refractivity (Wildman–Crippen MR) is 104 cm³/mol. The van der Waals surface area contributed by atoms with Gasteiger partial charge < -0.3 is 4.90 Å². The van der Waals surface area contributed by atoms with E-state index in [2.05, 4.69) is 34.3 Å². The number of piperidine rings is 1. The van der Waals surface area contributed by atoms with E-state index in [1.165, 1.54) is 0 Å². The summed E-state index contributed by atoms with van der Waals surface area (Å²) in [7, 11) is 2.00. The molecule has 3 rings (SSSR count). The lowest BCUT2D eigenvalue weighted by atomic mass is 9.90. The molecule has 0 saturated carbocycles. The monoisotopic (exact) mass is 384 g/mol. The third kappa shape index (κ3) is 4.81. The molecule has 1 saturated heterocycles. The summed E-state index contributed by atoms with van der Waals surface area (Å²) in [6.07, 6.45) is 1.64. The summed E-state index contributed by atoms with van der Waals surface area (Å²) in [6.45, 7) is 5.98. The van der Waals surface area contributed by atoms with Gasteiger partial charge in [-0.15, -0.1) is 5.10 Å². The summed E-state index contributed by atoms with van der Waals surface area (Å²) in [5.41, 5.74) is 0.710. The first-order valence-corrected chi connectivity index (χ1v) is 9.78. The summed E-state index contributed by atoms with van der Waals surface area (Å²) >= 11 is 0. The first-order valence-electron chi connectivity index (χ1n) is 9.78. The molecule has 1 fully saturated rings. The number of carbonyl (C=O) groups is 2. The highest BCUT2D eigenvalue weighted by atomic mass is 16.2. The number of likely N-dealkylation sites (tertiary alicyclic amines) is 1.